The van der Waals surface area contributed by atoms with Crippen molar-refractivity contribution in [3.05, 3.63) is 16.3 Å². The molecule has 8 heteroatoms. The number of rotatable bonds is 3. The summed E-state index contributed by atoms with van der Waals surface area (Å²) >= 11 is 0. The van der Waals surface area contributed by atoms with Crippen molar-refractivity contribution < 1.29 is 5.11 Å². The number of tetrazole rings is 1. The summed E-state index contributed by atoms with van der Waals surface area (Å²) in [5.74, 6) is 0.185. The molecule has 0 spiro atoms. The van der Waals surface area contributed by atoms with E-state index in [1.807, 2.05) is 0 Å². The monoisotopic (exact) mass is 155 g/mol. The Morgan fingerprint density at radius 2 is 2.64 bits per heavy atom. The molecule has 0 aliphatic carbocycles. The van der Waals surface area contributed by atoms with Gasteiger partial charge < -0.3 is 5.11 Å². The fourth-order valence-corrected chi connectivity index (χ4v) is 0.543. The second-order valence-electron chi connectivity index (χ2n) is 1.67. The number of nitrogens with one attached hydrogen (secondary N) is 1. The van der Waals surface area contributed by atoms with Gasteiger partial charge in [-0.15, -0.1) is 10.2 Å². The molecular formula is C3H5N7O. The van der Waals surface area contributed by atoms with Crippen LogP contribution in [-0.2, 0) is 0 Å². The van der Waals surface area contributed by atoms with Crippen LogP contribution in [0.25, 0.3) is 10.4 Å². The second kappa shape index (κ2) is 3.49. The Morgan fingerprint density at radius 1 is 1.82 bits per heavy atom. The Bertz CT molecular complexity index is 249. The fourth-order valence-electron chi connectivity index (χ4n) is 0.543. The lowest BCUT2D eigenvalue weighted by Crippen LogP contribution is -2.02. The molecule has 0 aliphatic rings. The highest BCUT2D eigenvalue weighted by Gasteiger charge is 2.11. The Hall–Kier alpha value is -1.66. The van der Waals surface area contributed by atoms with Gasteiger partial charge in [-0.3, -0.25) is 0 Å². The molecular weight excluding hydrogens is 150 g/mol. The van der Waals surface area contributed by atoms with Crippen LogP contribution >= 0.6 is 0 Å². The third kappa shape index (κ3) is 1.63. The molecule has 0 radical (unpaired) electrons. The molecule has 1 aromatic rings. The summed E-state index contributed by atoms with van der Waals surface area (Å²) in [5.41, 5.74) is 8.03. The molecule has 0 aliphatic heterocycles. The highest BCUT2D eigenvalue weighted by molar-refractivity contribution is 4.88. The highest BCUT2D eigenvalue weighted by atomic mass is 16.3. The van der Waals surface area contributed by atoms with Crippen LogP contribution in [0.2, 0.25) is 0 Å². The molecule has 1 aromatic heterocycles. The van der Waals surface area contributed by atoms with Crippen LogP contribution in [0, 0.1) is 0 Å². The number of aliphatic hydroxyl groups is 1. The number of H-pyrrole nitrogens is 1. The Kier molecular flexibility index (Phi) is 2.37. The minimum absolute atomic E-state index is 0.185. The van der Waals surface area contributed by atoms with E-state index in [2.05, 4.69) is 30.7 Å². The van der Waals surface area contributed by atoms with Crippen LogP contribution in [0.5, 0.6) is 0 Å². The lowest BCUT2D eigenvalue weighted by Gasteiger charge is -1.97. The number of nitrogens with zero attached hydrogens (tertiary/aromatic N) is 6. The molecule has 11 heavy (non-hydrogen) atoms. The predicted molar refractivity (Wildman–Crippen MR) is 33.2 cm³/mol. The summed E-state index contributed by atoms with van der Waals surface area (Å²) < 4.78 is 0. The third-order valence-electron chi connectivity index (χ3n) is 1.02. The molecule has 1 heterocycles. The Balaban J connectivity index is 2.79. The smallest absolute Gasteiger partial charge is 0.185 e. The van der Waals surface area contributed by atoms with Crippen molar-refractivity contribution in [3.63, 3.8) is 0 Å². The molecule has 0 aromatic carbocycles. The maximum Gasteiger partial charge on any atom is 0.185 e. The van der Waals surface area contributed by atoms with Crippen LogP contribution in [0.4, 0.5) is 0 Å². The summed E-state index contributed by atoms with van der Waals surface area (Å²) in [6.07, 6.45) is 0. The predicted octanol–water partition coefficient (Wildman–Crippen LogP) is -0.457. The summed E-state index contributed by atoms with van der Waals surface area (Å²) in [6.45, 7) is -0.330. The zero-order chi connectivity index (χ0) is 8.10. The van der Waals surface area contributed by atoms with Crippen LogP contribution < -0.4 is 0 Å². The lowest BCUT2D eigenvalue weighted by molar-refractivity contribution is 0.263. The number of aromatic amines is 1. The zero-order valence-electron chi connectivity index (χ0n) is 5.41. The number of azide groups is 1. The van der Waals surface area contributed by atoms with Gasteiger partial charge in [0.05, 0.1) is 6.61 Å². The van der Waals surface area contributed by atoms with Crippen molar-refractivity contribution in [2.45, 2.75) is 6.04 Å². The van der Waals surface area contributed by atoms with Crippen molar-refractivity contribution in [3.8, 4) is 0 Å². The van der Waals surface area contributed by atoms with E-state index in [4.69, 9.17) is 10.6 Å². The van der Waals surface area contributed by atoms with E-state index in [1.165, 1.54) is 0 Å². The Morgan fingerprint density at radius 3 is 3.09 bits per heavy atom. The molecule has 0 bridgehead atoms. The van der Waals surface area contributed by atoms with Gasteiger partial charge in [0.25, 0.3) is 0 Å². The fraction of sp³-hybridized carbons (Fsp3) is 0.667. The number of aliphatic hydroxyl groups excluding tert-OH is 1. The molecule has 0 saturated carbocycles. The van der Waals surface area contributed by atoms with Gasteiger partial charge in [0.1, 0.15) is 6.04 Å². The quantitative estimate of drug-likeness (QED) is 0.348. The molecule has 58 valence electrons. The third-order valence-corrected chi connectivity index (χ3v) is 1.02. The molecule has 0 amide bonds. The maximum atomic E-state index is 8.64. The normalized spacial score (nSPS) is 12.1. The number of hydrogen-bond acceptors (Lipinski definition) is 5. The zero-order valence-corrected chi connectivity index (χ0v) is 5.41. The van der Waals surface area contributed by atoms with Gasteiger partial charge in [0, 0.05) is 4.91 Å². The first-order chi connectivity index (χ1) is 5.38. The van der Waals surface area contributed by atoms with E-state index >= 15 is 0 Å². The van der Waals surface area contributed by atoms with Crippen LogP contribution in [0.1, 0.15) is 11.9 Å². The van der Waals surface area contributed by atoms with Gasteiger partial charge in [0.2, 0.25) is 0 Å². The first-order valence-electron chi connectivity index (χ1n) is 2.77. The van der Waals surface area contributed by atoms with Gasteiger partial charge in [-0.2, -0.15) is 5.21 Å². The summed E-state index contributed by atoms with van der Waals surface area (Å²) in [5, 5.41) is 24.4. The van der Waals surface area contributed by atoms with Crippen LogP contribution in [0.3, 0.4) is 0 Å². The average Bonchev–Trinajstić information content (AvgIpc) is 2.52. The van der Waals surface area contributed by atoms with E-state index in [1.54, 1.807) is 0 Å². The SMILES string of the molecule is [N-]=[N+]=NC(CO)c1nn[nH]n1. The topological polar surface area (TPSA) is 123 Å². The van der Waals surface area contributed by atoms with Crippen molar-refractivity contribution in [2.24, 2.45) is 5.11 Å². The molecule has 2 N–H and O–H groups in total. The summed E-state index contributed by atoms with van der Waals surface area (Å²) in [7, 11) is 0. The van der Waals surface area contributed by atoms with Gasteiger partial charge in [-0.05, 0) is 5.53 Å². The lowest BCUT2D eigenvalue weighted by atomic mass is 10.3. The molecule has 1 atom stereocenters. The summed E-state index contributed by atoms with van der Waals surface area (Å²) in [4.78, 5) is 2.51. The van der Waals surface area contributed by atoms with Crippen molar-refractivity contribution in [1.82, 2.24) is 20.6 Å². The van der Waals surface area contributed by atoms with Crippen molar-refractivity contribution in [2.75, 3.05) is 6.61 Å². The Labute approximate surface area is 60.9 Å². The van der Waals surface area contributed by atoms with E-state index in [9.17, 15) is 0 Å². The second-order valence-corrected chi connectivity index (χ2v) is 1.67. The van der Waals surface area contributed by atoms with Gasteiger partial charge >= 0.3 is 0 Å². The first-order valence-corrected chi connectivity index (χ1v) is 2.77. The van der Waals surface area contributed by atoms with E-state index in [-0.39, 0.29) is 12.4 Å². The number of hydrogen-bond donors (Lipinski definition) is 2. The number of aromatic nitrogens is 4. The highest BCUT2D eigenvalue weighted by Crippen LogP contribution is 2.09. The van der Waals surface area contributed by atoms with Gasteiger partial charge in [0.15, 0.2) is 5.82 Å². The van der Waals surface area contributed by atoms with Crippen LogP contribution in [-0.4, -0.2) is 32.3 Å². The van der Waals surface area contributed by atoms with Crippen LogP contribution in [0.15, 0.2) is 5.11 Å². The molecule has 1 unspecified atom stereocenters. The standard InChI is InChI=1S/C3H5N7O/c4-8-5-2(1-11)3-6-9-10-7-3/h2,11H,1H2,(H,6,7,9,10). The van der Waals surface area contributed by atoms with E-state index < -0.39 is 6.04 Å². The molecule has 0 fully saturated rings. The van der Waals surface area contributed by atoms with Crippen molar-refractivity contribution >= 4 is 0 Å². The summed E-state index contributed by atoms with van der Waals surface area (Å²) in [6, 6.07) is -0.751. The van der Waals surface area contributed by atoms with E-state index in [0.717, 1.165) is 0 Å². The minimum atomic E-state index is -0.751. The van der Waals surface area contributed by atoms with Crippen molar-refractivity contribution in [1.29, 1.82) is 0 Å². The van der Waals surface area contributed by atoms with Gasteiger partial charge in [-0.25, -0.2) is 0 Å². The van der Waals surface area contributed by atoms with Gasteiger partial charge in [-0.1, -0.05) is 10.3 Å². The first kappa shape index (κ1) is 7.45. The average molecular weight is 155 g/mol. The molecule has 0 saturated heterocycles. The minimum Gasteiger partial charge on any atom is -0.395 e. The molecule has 8 nitrogen and oxygen atoms in total. The maximum absolute atomic E-state index is 8.64. The molecule has 1 rings (SSSR count). The van der Waals surface area contributed by atoms with E-state index in [0.29, 0.717) is 0 Å². The largest absolute Gasteiger partial charge is 0.395 e.